The molecule has 282 valence electrons. The lowest BCUT2D eigenvalue weighted by molar-refractivity contribution is -0.119. The van der Waals surface area contributed by atoms with Gasteiger partial charge in [0.05, 0.1) is 48.7 Å². The minimum Gasteiger partial charge on any atom is -0.495 e. The van der Waals surface area contributed by atoms with Crippen molar-refractivity contribution in [1.82, 2.24) is 9.29 Å². The second kappa shape index (κ2) is 15.0. The standard InChI is InChI=1S/C36H32ClF6N3O6S/c1-36(2,3)22-10-18(9-21(11-22)19-5-6-19)15-46(26-8-7-20(35(48)49)12-27(26)52-4)28(47)17-45(16-25-24(38)13-23(37)14-44-25)53(50,51)34-32(42)30(40)29(39)31(41)33(34)43/h7-14,19H,5-6,15-17H2,1-4H3,(H,48,49). The summed E-state index contributed by atoms with van der Waals surface area (Å²) < 4.78 is 121. The summed E-state index contributed by atoms with van der Waals surface area (Å²) in [5.74, 6) is -16.8. The molecule has 1 saturated carbocycles. The molecule has 0 unspecified atom stereocenters. The van der Waals surface area contributed by atoms with E-state index < -0.39 is 80.5 Å². The maximum absolute atomic E-state index is 15.0. The number of hydrogen-bond acceptors (Lipinski definition) is 6. The number of carboxylic acids is 1. The van der Waals surface area contributed by atoms with Crippen molar-refractivity contribution in [3.05, 3.63) is 117 Å². The Morgan fingerprint density at radius 1 is 0.925 bits per heavy atom. The lowest BCUT2D eigenvalue weighted by Gasteiger charge is -2.29. The normalized spacial score (nSPS) is 13.4. The van der Waals surface area contributed by atoms with E-state index in [-0.39, 0.29) is 44.2 Å². The fourth-order valence-corrected chi connectivity index (χ4v) is 7.16. The van der Waals surface area contributed by atoms with Gasteiger partial charge in [-0.05, 0) is 65.1 Å². The molecule has 53 heavy (non-hydrogen) atoms. The summed E-state index contributed by atoms with van der Waals surface area (Å²) in [4.78, 5) is 28.6. The molecule has 9 nitrogen and oxygen atoms in total. The Kier molecular flexibility index (Phi) is 11.2. The predicted octanol–water partition coefficient (Wildman–Crippen LogP) is 7.88. The van der Waals surface area contributed by atoms with E-state index >= 15 is 8.78 Å². The second-order valence-corrected chi connectivity index (χ2v) is 15.7. The third-order valence-electron chi connectivity index (χ3n) is 8.58. The Balaban J connectivity index is 1.68. The highest BCUT2D eigenvalue weighted by Gasteiger charge is 2.39. The highest BCUT2D eigenvalue weighted by molar-refractivity contribution is 7.89. The van der Waals surface area contributed by atoms with Gasteiger partial charge in [-0.25, -0.2) is 39.6 Å². The molecule has 0 saturated heterocycles. The minimum absolute atomic E-state index is 0.0131. The van der Waals surface area contributed by atoms with E-state index in [1.807, 2.05) is 39.0 Å². The Bertz CT molecular complexity index is 2200. The van der Waals surface area contributed by atoms with Gasteiger partial charge >= 0.3 is 5.97 Å². The zero-order valence-electron chi connectivity index (χ0n) is 28.6. The molecule has 5 rings (SSSR count). The molecule has 1 N–H and O–H groups in total. The highest BCUT2D eigenvalue weighted by Crippen LogP contribution is 2.42. The topological polar surface area (TPSA) is 117 Å². The van der Waals surface area contributed by atoms with Gasteiger partial charge in [-0.1, -0.05) is 50.6 Å². The molecule has 4 aromatic rings. The molecule has 1 amide bonds. The summed E-state index contributed by atoms with van der Waals surface area (Å²) in [5, 5.41) is 9.36. The van der Waals surface area contributed by atoms with Crippen LogP contribution in [-0.4, -0.2) is 48.3 Å². The zero-order chi connectivity index (χ0) is 39.2. The Hall–Kier alpha value is -4.67. The van der Waals surface area contributed by atoms with Crippen molar-refractivity contribution >= 4 is 39.2 Å². The summed E-state index contributed by atoms with van der Waals surface area (Å²) >= 11 is 5.77. The number of halogens is 7. The van der Waals surface area contributed by atoms with Gasteiger partial charge in [0.15, 0.2) is 28.2 Å². The first-order chi connectivity index (χ1) is 24.7. The first-order valence-corrected chi connectivity index (χ1v) is 17.7. The van der Waals surface area contributed by atoms with Gasteiger partial charge in [0, 0.05) is 6.20 Å². The third-order valence-corrected chi connectivity index (χ3v) is 10.6. The maximum Gasteiger partial charge on any atom is 0.335 e. The number of benzene rings is 3. The van der Waals surface area contributed by atoms with Crippen LogP contribution in [-0.2, 0) is 33.3 Å². The summed E-state index contributed by atoms with van der Waals surface area (Å²) in [6.45, 7) is 3.03. The largest absolute Gasteiger partial charge is 0.495 e. The van der Waals surface area contributed by atoms with E-state index in [9.17, 15) is 40.7 Å². The maximum atomic E-state index is 15.0. The molecule has 1 aliphatic carbocycles. The average Bonchev–Trinajstić information content (AvgIpc) is 3.95. The van der Waals surface area contributed by atoms with Crippen LogP contribution in [0.5, 0.6) is 5.75 Å². The molecule has 0 radical (unpaired) electrons. The van der Waals surface area contributed by atoms with Crippen molar-refractivity contribution in [2.24, 2.45) is 0 Å². The molecular formula is C36H32ClF6N3O6S. The first kappa shape index (κ1) is 39.5. The summed E-state index contributed by atoms with van der Waals surface area (Å²) in [6.07, 6.45) is 2.77. The molecule has 1 fully saturated rings. The van der Waals surface area contributed by atoms with E-state index in [1.165, 1.54) is 13.2 Å². The van der Waals surface area contributed by atoms with Crippen LogP contribution in [0.2, 0.25) is 5.02 Å². The Labute approximate surface area is 305 Å². The molecule has 3 aromatic carbocycles. The number of ether oxygens (including phenoxy) is 1. The molecule has 17 heteroatoms. The van der Waals surface area contributed by atoms with E-state index in [0.29, 0.717) is 5.56 Å². The van der Waals surface area contributed by atoms with Crippen molar-refractivity contribution in [3.8, 4) is 5.75 Å². The van der Waals surface area contributed by atoms with E-state index in [1.54, 1.807) is 0 Å². The molecule has 0 atom stereocenters. The van der Waals surface area contributed by atoms with Crippen LogP contribution >= 0.6 is 11.6 Å². The van der Waals surface area contributed by atoms with Crippen molar-refractivity contribution in [2.45, 2.75) is 62.9 Å². The molecule has 0 bridgehead atoms. The predicted molar refractivity (Wildman–Crippen MR) is 181 cm³/mol. The molecule has 1 aromatic heterocycles. The van der Waals surface area contributed by atoms with Gasteiger partial charge in [-0.2, -0.15) is 4.31 Å². The number of carbonyl (C=O) groups is 2. The van der Waals surface area contributed by atoms with E-state index in [2.05, 4.69) is 4.98 Å². The number of sulfonamides is 1. The number of rotatable bonds is 12. The lowest BCUT2D eigenvalue weighted by atomic mass is 9.84. The van der Waals surface area contributed by atoms with Gasteiger partial charge in [0.25, 0.3) is 0 Å². The number of aromatic carboxylic acids is 1. The fraction of sp³-hybridized carbons (Fsp3) is 0.306. The number of pyridine rings is 1. The third kappa shape index (κ3) is 8.29. The summed E-state index contributed by atoms with van der Waals surface area (Å²) in [5.41, 5.74) is 1.06. The molecule has 1 heterocycles. The van der Waals surface area contributed by atoms with Crippen molar-refractivity contribution in [2.75, 3.05) is 18.6 Å². The fourth-order valence-electron chi connectivity index (χ4n) is 5.55. The number of amides is 1. The first-order valence-electron chi connectivity index (χ1n) is 15.9. The van der Waals surface area contributed by atoms with Gasteiger partial charge in [-0.15, -0.1) is 0 Å². The van der Waals surface area contributed by atoms with Crippen LogP contribution in [0.25, 0.3) is 0 Å². The second-order valence-electron chi connectivity index (χ2n) is 13.4. The molecule has 0 aliphatic heterocycles. The van der Waals surface area contributed by atoms with Crippen molar-refractivity contribution in [3.63, 3.8) is 0 Å². The Morgan fingerprint density at radius 2 is 1.55 bits per heavy atom. The van der Waals surface area contributed by atoms with Crippen LogP contribution in [0.4, 0.5) is 32.0 Å². The van der Waals surface area contributed by atoms with Crippen LogP contribution in [0.15, 0.2) is 53.6 Å². The number of carboxylic acid groups (broad SMARTS) is 1. The van der Waals surface area contributed by atoms with Gasteiger partial charge < -0.3 is 14.7 Å². The summed E-state index contributed by atoms with van der Waals surface area (Å²) in [7, 11) is -4.67. The highest BCUT2D eigenvalue weighted by atomic mass is 35.5. The number of hydrogen-bond donors (Lipinski definition) is 1. The average molecular weight is 784 g/mol. The van der Waals surface area contributed by atoms with Gasteiger partial charge in [0.2, 0.25) is 21.7 Å². The monoisotopic (exact) mass is 783 g/mol. The number of aromatic nitrogens is 1. The van der Waals surface area contributed by atoms with Crippen molar-refractivity contribution < 1.29 is 54.2 Å². The Morgan fingerprint density at radius 3 is 2.09 bits per heavy atom. The van der Waals surface area contributed by atoms with Crippen molar-refractivity contribution in [1.29, 1.82) is 0 Å². The van der Waals surface area contributed by atoms with Gasteiger partial charge in [-0.3, -0.25) is 9.78 Å². The van der Waals surface area contributed by atoms with Crippen LogP contribution in [0.1, 0.15) is 72.3 Å². The molecule has 1 aliphatic rings. The van der Waals surface area contributed by atoms with Gasteiger partial charge in [0.1, 0.15) is 11.6 Å². The van der Waals surface area contributed by atoms with Crippen LogP contribution in [0, 0.1) is 34.9 Å². The summed E-state index contributed by atoms with van der Waals surface area (Å²) in [6, 6.07) is 9.92. The SMILES string of the molecule is COc1cc(C(=O)O)ccc1N(Cc1cc(C2CC2)cc(C(C)(C)C)c1)C(=O)CN(Cc1ncc(Cl)cc1F)S(=O)(=O)c1c(F)c(F)c(F)c(F)c1F. The van der Waals surface area contributed by atoms with Crippen LogP contribution < -0.4 is 9.64 Å². The number of methoxy groups -OCH3 is 1. The van der Waals surface area contributed by atoms with E-state index in [4.69, 9.17) is 16.3 Å². The number of nitrogens with zero attached hydrogens (tertiary/aromatic N) is 3. The molecule has 0 spiro atoms. The molecular weight excluding hydrogens is 752 g/mol. The minimum atomic E-state index is -5.86. The smallest absolute Gasteiger partial charge is 0.335 e. The number of carbonyl (C=O) groups excluding carboxylic acids is 1. The van der Waals surface area contributed by atoms with E-state index in [0.717, 1.165) is 53.3 Å². The van der Waals surface area contributed by atoms with Crippen LogP contribution in [0.3, 0.4) is 0 Å². The quantitative estimate of drug-likeness (QED) is 0.0883. The number of anilines is 1. The zero-order valence-corrected chi connectivity index (χ0v) is 30.2. The lowest BCUT2D eigenvalue weighted by Crippen LogP contribution is -2.43.